The van der Waals surface area contributed by atoms with E-state index in [0.29, 0.717) is 6.04 Å². The summed E-state index contributed by atoms with van der Waals surface area (Å²) in [5.74, 6) is 0. The average molecular weight is 260 g/mol. The number of nitrogens with zero attached hydrogens (tertiary/aromatic N) is 1. The van der Waals surface area contributed by atoms with Gasteiger partial charge in [0.05, 0.1) is 11.2 Å². The third-order valence-corrected chi connectivity index (χ3v) is 4.29. The first-order valence-electron chi connectivity index (χ1n) is 6.42. The molecule has 18 heavy (non-hydrogen) atoms. The van der Waals surface area contributed by atoms with Gasteiger partial charge in [-0.3, -0.25) is 0 Å². The molecule has 0 fully saturated rings. The fourth-order valence-electron chi connectivity index (χ4n) is 2.21. The first-order valence-corrected chi connectivity index (χ1v) is 7.30. The lowest BCUT2D eigenvalue weighted by molar-refractivity contribution is 0.532. The molecule has 3 heteroatoms. The molecule has 0 bridgehead atoms. The zero-order valence-electron chi connectivity index (χ0n) is 11.0. The molecule has 0 spiro atoms. The molecule has 0 aliphatic heterocycles. The number of thiazole rings is 1. The van der Waals surface area contributed by atoms with Crippen LogP contribution in [0.4, 0.5) is 0 Å². The minimum atomic E-state index is 0.446. The highest BCUT2D eigenvalue weighted by Gasteiger charge is 2.13. The van der Waals surface area contributed by atoms with E-state index < -0.39 is 0 Å². The van der Waals surface area contributed by atoms with Gasteiger partial charge >= 0.3 is 0 Å². The average Bonchev–Trinajstić information content (AvgIpc) is 2.82. The van der Waals surface area contributed by atoms with E-state index >= 15 is 0 Å². The summed E-state index contributed by atoms with van der Waals surface area (Å²) < 4.78 is 0. The van der Waals surface area contributed by atoms with Crippen LogP contribution in [0.1, 0.15) is 35.0 Å². The van der Waals surface area contributed by atoms with E-state index in [1.807, 2.05) is 12.6 Å². The minimum absolute atomic E-state index is 0.446. The van der Waals surface area contributed by atoms with Crippen LogP contribution in [-0.4, -0.2) is 12.0 Å². The van der Waals surface area contributed by atoms with Crippen molar-refractivity contribution in [3.8, 4) is 0 Å². The molecule has 0 radical (unpaired) electrons. The van der Waals surface area contributed by atoms with Gasteiger partial charge in [-0.2, -0.15) is 0 Å². The Bertz CT molecular complexity index is 464. The molecule has 1 unspecified atom stereocenters. The lowest BCUT2D eigenvalue weighted by Gasteiger charge is -2.15. The van der Waals surface area contributed by atoms with Crippen molar-refractivity contribution in [2.45, 2.75) is 32.2 Å². The molecule has 1 heterocycles. The van der Waals surface area contributed by atoms with E-state index in [2.05, 4.69) is 47.6 Å². The number of aryl methyl sites for hydroxylation is 2. The van der Waals surface area contributed by atoms with Crippen LogP contribution in [-0.2, 0) is 6.42 Å². The Labute approximate surface area is 113 Å². The lowest BCUT2D eigenvalue weighted by Crippen LogP contribution is -2.16. The van der Waals surface area contributed by atoms with Crippen LogP contribution in [0.3, 0.4) is 0 Å². The topological polar surface area (TPSA) is 24.9 Å². The van der Waals surface area contributed by atoms with Gasteiger partial charge < -0.3 is 5.32 Å². The Hall–Kier alpha value is -1.19. The maximum absolute atomic E-state index is 4.33. The summed E-state index contributed by atoms with van der Waals surface area (Å²) in [6.07, 6.45) is 3.51. The Morgan fingerprint density at radius 1 is 1.28 bits per heavy atom. The molecule has 2 rings (SSSR count). The molecule has 0 saturated heterocycles. The lowest BCUT2D eigenvalue weighted by atomic mass is 10.0. The fraction of sp³-hybridized carbons (Fsp3) is 0.400. The van der Waals surface area contributed by atoms with Crippen LogP contribution in [0.15, 0.2) is 35.8 Å². The summed E-state index contributed by atoms with van der Waals surface area (Å²) >= 11 is 1.75. The van der Waals surface area contributed by atoms with Gasteiger partial charge in [0.25, 0.3) is 0 Å². The molecule has 96 valence electrons. The van der Waals surface area contributed by atoms with E-state index in [9.17, 15) is 0 Å². The van der Waals surface area contributed by atoms with Crippen LogP contribution in [0.5, 0.6) is 0 Å². The normalized spacial score (nSPS) is 12.6. The van der Waals surface area contributed by atoms with Gasteiger partial charge in [-0.15, -0.1) is 11.3 Å². The summed E-state index contributed by atoms with van der Waals surface area (Å²) in [6.45, 7) is 2.09. The highest BCUT2D eigenvalue weighted by atomic mass is 32.1. The third-order valence-electron chi connectivity index (χ3n) is 3.25. The largest absolute Gasteiger partial charge is 0.312 e. The standard InChI is InChI=1S/C15H20N2S/c1-12-15(18-11-17-12)14(16-2)10-6-9-13-7-4-3-5-8-13/h3-5,7-8,11,14,16H,6,9-10H2,1-2H3. The predicted octanol–water partition coefficient (Wildman–Crippen LogP) is 3.73. The molecular weight excluding hydrogens is 240 g/mol. The van der Waals surface area contributed by atoms with Gasteiger partial charge in [0.2, 0.25) is 0 Å². The predicted molar refractivity (Wildman–Crippen MR) is 78.0 cm³/mol. The van der Waals surface area contributed by atoms with Crippen molar-refractivity contribution < 1.29 is 0 Å². The molecule has 0 aliphatic carbocycles. The molecule has 0 aliphatic rings. The molecule has 1 aromatic carbocycles. The molecular formula is C15H20N2S. The van der Waals surface area contributed by atoms with Gasteiger partial charge in [-0.05, 0) is 38.8 Å². The summed E-state index contributed by atoms with van der Waals surface area (Å²) in [6, 6.07) is 11.1. The number of benzene rings is 1. The fourth-order valence-corrected chi connectivity index (χ4v) is 3.15. The molecule has 1 N–H and O–H groups in total. The maximum atomic E-state index is 4.33. The third kappa shape index (κ3) is 3.40. The highest BCUT2D eigenvalue weighted by Crippen LogP contribution is 2.25. The van der Waals surface area contributed by atoms with Gasteiger partial charge in [-0.1, -0.05) is 30.3 Å². The maximum Gasteiger partial charge on any atom is 0.0798 e. The van der Waals surface area contributed by atoms with Crippen molar-refractivity contribution >= 4 is 11.3 Å². The van der Waals surface area contributed by atoms with Crippen LogP contribution in [0, 0.1) is 6.92 Å². The number of aromatic nitrogens is 1. The van der Waals surface area contributed by atoms with Gasteiger partial charge in [0, 0.05) is 10.9 Å². The van der Waals surface area contributed by atoms with Gasteiger partial charge in [0.1, 0.15) is 0 Å². The summed E-state index contributed by atoms with van der Waals surface area (Å²) in [5, 5.41) is 3.40. The smallest absolute Gasteiger partial charge is 0.0798 e. The first kappa shape index (κ1) is 13.2. The van der Waals surface area contributed by atoms with Crippen LogP contribution in [0.2, 0.25) is 0 Å². The number of nitrogens with one attached hydrogen (secondary N) is 1. The SMILES string of the molecule is CNC(CCCc1ccccc1)c1scnc1C. The Morgan fingerprint density at radius 3 is 2.67 bits per heavy atom. The molecule has 1 aromatic heterocycles. The second-order valence-corrected chi connectivity index (χ2v) is 5.41. The van der Waals surface area contributed by atoms with Crippen molar-refractivity contribution in [3.05, 3.63) is 52.0 Å². The van der Waals surface area contributed by atoms with Crippen molar-refractivity contribution in [1.82, 2.24) is 10.3 Å². The zero-order valence-corrected chi connectivity index (χ0v) is 11.8. The summed E-state index contributed by atoms with van der Waals surface area (Å²) in [7, 11) is 2.03. The second-order valence-electron chi connectivity index (χ2n) is 4.52. The summed E-state index contributed by atoms with van der Waals surface area (Å²) in [4.78, 5) is 5.71. The Balaban J connectivity index is 1.87. The quantitative estimate of drug-likeness (QED) is 0.856. The first-order chi connectivity index (χ1) is 8.81. The van der Waals surface area contributed by atoms with Crippen molar-refractivity contribution in [2.75, 3.05) is 7.05 Å². The van der Waals surface area contributed by atoms with Gasteiger partial charge in [0.15, 0.2) is 0 Å². The van der Waals surface area contributed by atoms with E-state index in [4.69, 9.17) is 0 Å². The molecule has 2 aromatic rings. The van der Waals surface area contributed by atoms with Crippen molar-refractivity contribution in [2.24, 2.45) is 0 Å². The molecule has 0 saturated carbocycles. The zero-order chi connectivity index (χ0) is 12.8. The molecule has 2 nitrogen and oxygen atoms in total. The summed E-state index contributed by atoms with van der Waals surface area (Å²) in [5.41, 5.74) is 4.53. The van der Waals surface area contributed by atoms with E-state index in [-0.39, 0.29) is 0 Å². The number of rotatable bonds is 6. The Kier molecular flexibility index (Phi) is 4.90. The highest BCUT2D eigenvalue weighted by molar-refractivity contribution is 7.09. The van der Waals surface area contributed by atoms with Gasteiger partial charge in [-0.25, -0.2) is 4.98 Å². The minimum Gasteiger partial charge on any atom is -0.312 e. The van der Waals surface area contributed by atoms with Crippen LogP contribution < -0.4 is 5.32 Å². The van der Waals surface area contributed by atoms with Crippen LogP contribution in [0.25, 0.3) is 0 Å². The van der Waals surface area contributed by atoms with Crippen molar-refractivity contribution in [1.29, 1.82) is 0 Å². The molecule has 1 atom stereocenters. The van der Waals surface area contributed by atoms with E-state index in [1.54, 1.807) is 11.3 Å². The number of hydrogen-bond acceptors (Lipinski definition) is 3. The van der Waals surface area contributed by atoms with Crippen molar-refractivity contribution in [3.63, 3.8) is 0 Å². The Morgan fingerprint density at radius 2 is 2.06 bits per heavy atom. The molecule has 0 amide bonds. The second kappa shape index (κ2) is 6.66. The van der Waals surface area contributed by atoms with E-state index in [0.717, 1.165) is 12.8 Å². The number of hydrogen-bond donors (Lipinski definition) is 1. The van der Waals surface area contributed by atoms with E-state index in [1.165, 1.54) is 22.6 Å². The van der Waals surface area contributed by atoms with Crippen LogP contribution >= 0.6 is 11.3 Å². The monoisotopic (exact) mass is 260 g/mol.